The van der Waals surface area contributed by atoms with Crippen molar-refractivity contribution in [1.29, 1.82) is 0 Å². The Morgan fingerprint density at radius 2 is 1.96 bits per heavy atom. The number of carbonyl (C=O) groups excluding carboxylic acids is 1. The van der Waals surface area contributed by atoms with E-state index in [0.717, 1.165) is 11.1 Å². The summed E-state index contributed by atoms with van der Waals surface area (Å²) in [6, 6.07) is 10.9. The molecule has 0 aliphatic rings. The number of benzene rings is 1. The Kier molecular flexibility index (Phi) is 6.25. The molecule has 0 fully saturated rings. The van der Waals surface area contributed by atoms with Crippen molar-refractivity contribution in [2.24, 2.45) is 0 Å². The van der Waals surface area contributed by atoms with Gasteiger partial charge in [-0.15, -0.1) is 0 Å². The second kappa shape index (κ2) is 7.97. The lowest BCUT2D eigenvalue weighted by molar-refractivity contribution is -0.706. The average molecular weight is 374 g/mol. The van der Waals surface area contributed by atoms with Crippen LogP contribution >= 0.6 is 34.8 Å². The maximum atomic E-state index is 12.3. The van der Waals surface area contributed by atoms with E-state index in [1.165, 1.54) is 0 Å². The highest BCUT2D eigenvalue weighted by Crippen LogP contribution is 2.27. The molecule has 2 aromatic rings. The third-order valence-electron chi connectivity index (χ3n) is 3.27. The minimum atomic E-state index is -1.64. The fourth-order valence-electron chi connectivity index (χ4n) is 1.98. The fourth-order valence-corrected chi connectivity index (χ4v) is 2.41. The molecule has 2 rings (SSSR count). The van der Waals surface area contributed by atoms with E-state index in [1.54, 1.807) is 29.8 Å². The van der Waals surface area contributed by atoms with Crippen molar-refractivity contribution in [1.82, 2.24) is 10.3 Å². The molecule has 7 heteroatoms. The summed E-state index contributed by atoms with van der Waals surface area (Å²) in [4.78, 5) is 16.3. The first-order valence-electron chi connectivity index (χ1n) is 7.03. The zero-order valence-corrected chi connectivity index (χ0v) is 14.7. The van der Waals surface area contributed by atoms with Crippen LogP contribution in [-0.4, -0.2) is 20.8 Å². The summed E-state index contributed by atoms with van der Waals surface area (Å²) in [6.45, 7) is 2.48. The topological polar surface area (TPSA) is 58.6 Å². The number of hydrogen-bond acceptors (Lipinski definition) is 2. The second-order valence-electron chi connectivity index (χ2n) is 5.16. The van der Waals surface area contributed by atoms with Crippen molar-refractivity contribution < 1.29 is 10.1 Å². The number of hydrogen-bond donors (Lipinski definition) is 2. The molecule has 0 bridgehead atoms. The van der Waals surface area contributed by atoms with E-state index in [2.05, 4.69) is 10.3 Å². The number of quaternary nitrogens is 1. The SMILES string of the molecule is Cc1ccc(C(=O)NC([NH2+]Cc2cccnc2)C(Cl)(Cl)Cl)cc1. The third-order valence-corrected chi connectivity index (χ3v) is 3.97. The van der Waals surface area contributed by atoms with Crippen LogP contribution < -0.4 is 10.6 Å². The van der Waals surface area contributed by atoms with Crippen molar-refractivity contribution in [2.75, 3.05) is 0 Å². The summed E-state index contributed by atoms with van der Waals surface area (Å²) in [5.74, 6) is -0.288. The minimum absolute atomic E-state index is 0.288. The monoisotopic (exact) mass is 372 g/mol. The molecule has 0 saturated heterocycles. The number of nitrogens with zero attached hydrogens (tertiary/aromatic N) is 1. The smallest absolute Gasteiger partial charge is 0.262 e. The Hall–Kier alpha value is -1.33. The molecular weight excluding hydrogens is 357 g/mol. The molecule has 0 aliphatic carbocycles. The van der Waals surface area contributed by atoms with E-state index < -0.39 is 9.96 Å². The Morgan fingerprint density at radius 3 is 2.52 bits per heavy atom. The van der Waals surface area contributed by atoms with E-state index in [4.69, 9.17) is 34.8 Å². The fraction of sp³-hybridized carbons (Fsp3) is 0.250. The van der Waals surface area contributed by atoms with Crippen LogP contribution in [0.5, 0.6) is 0 Å². The normalized spacial score (nSPS) is 12.7. The van der Waals surface area contributed by atoms with Crippen LogP contribution in [0.25, 0.3) is 0 Å². The standard InChI is InChI=1S/C16H16Cl3N3O/c1-11-4-6-13(7-5-11)14(23)22-15(16(17,18)19)21-10-12-3-2-8-20-9-12/h2-9,15,21H,10H2,1H3,(H,22,23)/p+1. The predicted molar refractivity (Wildman–Crippen MR) is 92.6 cm³/mol. The average Bonchev–Trinajstić information content (AvgIpc) is 2.51. The molecular formula is C16H17Cl3N3O+. The molecule has 1 heterocycles. The summed E-state index contributed by atoms with van der Waals surface area (Å²) >= 11 is 18.0. The number of nitrogens with two attached hydrogens (primary N) is 1. The molecule has 0 radical (unpaired) electrons. The number of pyridine rings is 1. The maximum Gasteiger partial charge on any atom is 0.262 e. The molecule has 1 aromatic heterocycles. The Morgan fingerprint density at radius 1 is 1.26 bits per heavy atom. The van der Waals surface area contributed by atoms with Gasteiger partial charge in [0.2, 0.25) is 6.17 Å². The van der Waals surface area contributed by atoms with Gasteiger partial charge in [0.1, 0.15) is 6.54 Å². The first-order valence-corrected chi connectivity index (χ1v) is 8.16. The maximum absolute atomic E-state index is 12.3. The van der Waals surface area contributed by atoms with Gasteiger partial charge in [-0.3, -0.25) is 15.1 Å². The van der Waals surface area contributed by atoms with Crippen molar-refractivity contribution in [3.05, 3.63) is 65.5 Å². The molecule has 122 valence electrons. The zero-order chi connectivity index (χ0) is 16.9. The highest BCUT2D eigenvalue weighted by atomic mass is 35.6. The summed E-state index contributed by atoms with van der Waals surface area (Å²) < 4.78 is -1.64. The third kappa shape index (κ3) is 5.66. The van der Waals surface area contributed by atoms with Gasteiger partial charge in [-0.25, -0.2) is 0 Å². The first-order chi connectivity index (χ1) is 10.9. The number of rotatable bonds is 5. The van der Waals surface area contributed by atoms with Gasteiger partial charge in [-0.2, -0.15) is 0 Å². The molecule has 3 N–H and O–H groups in total. The first kappa shape index (κ1) is 18.0. The molecule has 1 amide bonds. The lowest BCUT2D eigenvalue weighted by Gasteiger charge is -2.23. The molecule has 1 atom stereocenters. The van der Waals surface area contributed by atoms with Gasteiger partial charge in [0.15, 0.2) is 0 Å². The van der Waals surface area contributed by atoms with Gasteiger partial charge in [-0.1, -0.05) is 58.6 Å². The number of aryl methyl sites for hydroxylation is 1. The number of carbonyl (C=O) groups is 1. The predicted octanol–water partition coefficient (Wildman–Crippen LogP) is 2.58. The zero-order valence-electron chi connectivity index (χ0n) is 12.5. The number of halogens is 3. The second-order valence-corrected chi connectivity index (χ2v) is 7.53. The number of aromatic nitrogens is 1. The van der Waals surface area contributed by atoms with E-state index >= 15 is 0 Å². The molecule has 0 spiro atoms. The lowest BCUT2D eigenvalue weighted by Crippen LogP contribution is -2.95. The van der Waals surface area contributed by atoms with E-state index in [0.29, 0.717) is 12.1 Å². The van der Waals surface area contributed by atoms with Crippen LogP contribution in [0.2, 0.25) is 0 Å². The molecule has 0 aliphatic heterocycles. The van der Waals surface area contributed by atoms with Crippen molar-refractivity contribution >= 4 is 40.7 Å². The lowest BCUT2D eigenvalue weighted by atomic mass is 10.1. The number of alkyl halides is 3. The largest absolute Gasteiger partial charge is 0.319 e. The van der Waals surface area contributed by atoms with Crippen molar-refractivity contribution in [2.45, 2.75) is 23.4 Å². The van der Waals surface area contributed by atoms with Crippen LogP contribution in [0.15, 0.2) is 48.8 Å². The molecule has 1 unspecified atom stereocenters. The van der Waals surface area contributed by atoms with Crippen LogP contribution in [0.3, 0.4) is 0 Å². The number of amides is 1. The van der Waals surface area contributed by atoms with Gasteiger partial charge in [-0.05, 0) is 25.1 Å². The van der Waals surface area contributed by atoms with Crippen LogP contribution in [0.1, 0.15) is 21.5 Å². The van der Waals surface area contributed by atoms with Gasteiger partial charge >= 0.3 is 0 Å². The van der Waals surface area contributed by atoms with E-state index in [1.807, 2.05) is 31.2 Å². The highest BCUT2D eigenvalue weighted by molar-refractivity contribution is 6.68. The molecule has 0 saturated carbocycles. The summed E-state index contributed by atoms with van der Waals surface area (Å²) in [5.41, 5.74) is 2.56. The van der Waals surface area contributed by atoms with Gasteiger partial charge in [0, 0.05) is 23.5 Å². The summed E-state index contributed by atoms with van der Waals surface area (Å²) in [7, 11) is 0. The molecule has 1 aromatic carbocycles. The number of nitrogens with one attached hydrogen (secondary N) is 1. The minimum Gasteiger partial charge on any atom is -0.319 e. The van der Waals surface area contributed by atoms with Gasteiger partial charge < -0.3 is 5.32 Å². The molecule has 23 heavy (non-hydrogen) atoms. The Balaban J connectivity index is 2.04. The van der Waals surface area contributed by atoms with Gasteiger partial charge in [0.25, 0.3) is 9.70 Å². The van der Waals surface area contributed by atoms with Crippen LogP contribution in [0.4, 0.5) is 0 Å². The van der Waals surface area contributed by atoms with Crippen LogP contribution in [-0.2, 0) is 6.54 Å². The Bertz CT molecular complexity index is 642. The van der Waals surface area contributed by atoms with Crippen molar-refractivity contribution in [3.63, 3.8) is 0 Å². The summed E-state index contributed by atoms with van der Waals surface area (Å²) in [6.07, 6.45) is 2.70. The van der Waals surface area contributed by atoms with E-state index in [9.17, 15) is 4.79 Å². The van der Waals surface area contributed by atoms with Crippen LogP contribution in [0, 0.1) is 6.92 Å². The quantitative estimate of drug-likeness (QED) is 0.625. The van der Waals surface area contributed by atoms with Crippen molar-refractivity contribution in [3.8, 4) is 0 Å². The Labute approximate surface area is 150 Å². The summed E-state index contributed by atoms with van der Waals surface area (Å²) in [5, 5.41) is 4.51. The van der Waals surface area contributed by atoms with E-state index in [-0.39, 0.29) is 5.91 Å². The molecule has 4 nitrogen and oxygen atoms in total. The van der Waals surface area contributed by atoms with Gasteiger partial charge in [0.05, 0.1) is 0 Å². The highest BCUT2D eigenvalue weighted by Gasteiger charge is 2.37.